The van der Waals surface area contributed by atoms with Gasteiger partial charge in [-0.25, -0.2) is 0 Å². The highest BCUT2D eigenvalue weighted by molar-refractivity contribution is 9.11. The predicted octanol–water partition coefficient (Wildman–Crippen LogP) is 1.41. The number of carbonyl (C=O) groups excluding carboxylic acids is 1. The van der Waals surface area contributed by atoms with Crippen LogP contribution in [0.25, 0.3) is 0 Å². The Balaban J connectivity index is 2.78. The van der Waals surface area contributed by atoms with Gasteiger partial charge < -0.3 is 20.9 Å². The minimum atomic E-state index is -0.831. The summed E-state index contributed by atoms with van der Waals surface area (Å²) in [5, 5.41) is 0. The maximum absolute atomic E-state index is 10.7. The van der Waals surface area contributed by atoms with Crippen molar-refractivity contribution in [2.45, 2.75) is 6.04 Å². The van der Waals surface area contributed by atoms with Crippen LogP contribution in [0.2, 0.25) is 0 Å². The Hall–Kier alpha value is -0.790. The fourth-order valence-electron chi connectivity index (χ4n) is 1.04. The van der Waals surface area contributed by atoms with Crippen molar-refractivity contribution >= 4 is 37.8 Å². The normalized spacial score (nSPS) is 12.0. The summed E-state index contributed by atoms with van der Waals surface area (Å²) in [5.41, 5.74) is 10.5. The second-order valence-electron chi connectivity index (χ2n) is 3.24. The molecular formula is C10H12Br2N2O3. The van der Waals surface area contributed by atoms with Gasteiger partial charge in [0.2, 0.25) is 5.91 Å². The van der Waals surface area contributed by atoms with Gasteiger partial charge in [0.15, 0.2) is 0 Å². The molecule has 0 aliphatic rings. The molecule has 0 spiro atoms. The number of carbonyl (C=O) groups is 1. The fourth-order valence-corrected chi connectivity index (χ4v) is 1.96. The van der Waals surface area contributed by atoms with E-state index in [0.29, 0.717) is 16.0 Å². The van der Waals surface area contributed by atoms with E-state index >= 15 is 0 Å². The first-order valence-corrected chi connectivity index (χ1v) is 6.25. The molecule has 7 heteroatoms. The molecule has 94 valence electrons. The quantitative estimate of drug-likeness (QED) is 0.823. The molecule has 0 aromatic heterocycles. The van der Waals surface area contributed by atoms with Crippen LogP contribution >= 0.6 is 31.9 Å². The summed E-state index contributed by atoms with van der Waals surface area (Å²) >= 11 is 6.66. The molecule has 0 heterocycles. The lowest BCUT2D eigenvalue weighted by molar-refractivity contribution is -0.119. The zero-order valence-corrected chi connectivity index (χ0v) is 12.2. The van der Waals surface area contributed by atoms with Crippen LogP contribution in [0.1, 0.15) is 0 Å². The van der Waals surface area contributed by atoms with E-state index in [9.17, 15) is 4.79 Å². The largest absolute Gasteiger partial charge is 0.496 e. The molecule has 1 rings (SSSR count). The number of primary amides is 1. The van der Waals surface area contributed by atoms with E-state index in [0.717, 1.165) is 4.47 Å². The third kappa shape index (κ3) is 3.86. The third-order valence-electron chi connectivity index (χ3n) is 1.99. The smallest absolute Gasteiger partial charge is 0.237 e. The maximum atomic E-state index is 10.7. The highest BCUT2D eigenvalue weighted by Gasteiger charge is 2.13. The first kappa shape index (κ1) is 14.3. The van der Waals surface area contributed by atoms with E-state index in [2.05, 4.69) is 31.9 Å². The Morgan fingerprint density at radius 1 is 1.35 bits per heavy atom. The second-order valence-corrected chi connectivity index (χ2v) is 4.95. The highest BCUT2D eigenvalue weighted by atomic mass is 79.9. The van der Waals surface area contributed by atoms with E-state index in [4.69, 9.17) is 20.9 Å². The van der Waals surface area contributed by atoms with Gasteiger partial charge in [0.25, 0.3) is 0 Å². The summed E-state index contributed by atoms with van der Waals surface area (Å²) in [7, 11) is 1.57. The molecule has 1 aromatic rings. The van der Waals surface area contributed by atoms with Crippen molar-refractivity contribution in [2.75, 3.05) is 13.7 Å². The van der Waals surface area contributed by atoms with Crippen LogP contribution in [0.3, 0.4) is 0 Å². The Bertz CT molecular complexity index is 426. The minimum absolute atomic E-state index is 0.0205. The molecule has 0 saturated carbocycles. The van der Waals surface area contributed by atoms with Gasteiger partial charge in [-0.2, -0.15) is 0 Å². The minimum Gasteiger partial charge on any atom is -0.496 e. The number of halogens is 2. The summed E-state index contributed by atoms with van der Waals surface area (Å²) in [6.45, 7) is 0.0205. The maximum Gasteiger partial charge on any atom is 0.237 e. The van der Waals surface area contributed by atoms with Gasteiger partial charge in [-0.3, -0.25) is 4.79 Å². The van der Waals surface area contributed by atoms with Gasteiger partial charge in [-0.05, 0) is 44.0 Å². The lowest BCUT2D eigenvalue weighted by Gasteiger charge is -2.13. The van der Waals surface area contributed by atoms with Gasteiger partial charge in [-0.15, -0.1) is 0 Å². The van der Waals surface area contributed by atoms with Crippen LogP contribution in [0.15, 0.2) is 21.1 Å². The molecule has 1 unspecified atom stereocenters. The van der Waals surface area contributed by atoms with Gasteiger partial charge in [0, 0.05) is 0 Å². The lowest BCUT2D eigenvalue weighted by Crippen LogP contribution is -2.41. The van der Waals surface area contributed by atoms with Crippen LogP contribution in [0.4, 0.5) is 0 Å². The summed E-state index contributed by atoms with van der Waals surface area (Å²) in [5.74, 6) is 0.617. The molecule has 0 bridgehead atoms. The molecule has 17 heavy (non-hydrogen) atoms. The van der Waals surface area contributed by atoms with E-state index in [1.807, 2.05) is 0 Å². The topological polar surface area (TPSA) is 87.6 Å². The van der Waals surface area contributed by atoms with Crippen molar-refractivity contribution in [1.82, 2.24) is 0 Å². The highest BCUT2D eigenvalue weighted by Crippen LogP contribution is 2.35. The zero-order chi connectivity index (χ0) is 13.0. The summed E-state index contributed by atoms with van der Waals surface area (Å²) < 4.78 is 11.9. The molecule has 5 nitrogen and oxygen atoms in total. The Morgan fingerprint density at radius 3 is 2.41 bits per heavy atom. The average molecular weight is 368 g/mol. The number of hydrogen-bond donors (Lipinski definition) is 2. The van der Waals surface area contributed by atoms with Crippen molar-refractivity contribution < 1.29 is 14.3 Å². The molecule has 1 atom stereocenters. The zero-order valence-electron chi connectivity index (χ0n) is 9.07. The van der Waals surface area contributed by atoms with Crippen molar-refractivity contribution in [3.8, 4) is 11.5 Å². The summed E-state index contributed by atoms with van der Waals surface area (Å²) in [6.07, 6.45) is 0. The first-order valence-electron chi connectivity index (χ1n) is 4.66. The second kappa shape index (κ2) is 6.23. The SMILES string of the molecule is COc1cc(Br)c(OCC(N)C(N)=O)cc1Br. The molecule has 0 aliphatic heterocycles. The van der Waals surface area contributed by atoms with Gasteiger partial charge in [0.1, 0.15) is 24.1 Å². The standard InChI is InChI=1S/C10H12Br2N2O3/c1-16-8-2-6(12)9(3-5(8)11)17-4-7(13)10(14)15/h2-3,7H,4,13H2,1H3,(H2,14,15). The van der Waals surface area contributed by atoms with Crippen molar-refractivity contribution in [3.05, 3.63) is 21.1 Å². The van der Waals surface area contributed by atoms with Crippen molar-refractivity contribution in [3.63, 3.8) is 0 Å². The molecule has 1 amide bonds. The van der Waals surface area contributed by atoms with Crippen LogP contribution in [0.5, 0.6) is 11.5 Å². The summed E-state index contributed by atoms with van der Waals surface area (Å²) in [6, 6.07) is 2.63. The number of benzene rings is 1. The molecule has 0 fully saturated rings. The van der Waals surface area contributed by atoms with E-state index in [-0.39, 0.29) is 6.61 Å². The number of nitrogens with two attached hydrogens (primary N) is 2. The fraction of sp³-hybridized carbons (Fsp3) is 0.300. The molecule has 0 saturated heterocycles. The van der Waals surface area contributed by atoms with Gasteiger partial charge >= 0.3 is 0 Å². The van der Waals surface area contributed by atoms with Crippen LogP contribution in [0, 0.1) is 0 Å². The van der Waals surface area contributed by atoms with Gasteiger partial charge in [0.05, 0.1) is 16.1 Å². The monoisotopic (exact) mass is 366 g/mol. The van der Waals surface area contributed by atoms with Crippen molar-refractivity contribution in [2.24, 2.45) is 11.5 Å². The van der Waals surface area contributed by atoms with E-state index in [1.165, 1.54) is 0 Å². The predicted molar refractivity (Wildman–Crippen MR) is 71.1 cm³/mol. The van der Waals surface area contributed by atoms with Crippen LogP contribution in [-0.2, 0) is 4.79 Å². The molecule has 1 aromatic carbocycles. The van der Waals surface area contributed by atoms with Crippen LogP contribution in [-0.4, -0.2) is 25.7 Å². The lowest BCUT2D eigenvalue weighted by atomic mass is 10.3. The average Bonchev–Trinajstić information content (AvgIpc) is 2.29. The number of rotatable bonds is 5. The number of ether oxygens (including phenoxy) is 2. The number of amides is 1. The number of hydrogen-bond acceptors (Lipinski definition) is 4. The Kier molecular flexibility index (Phi) is 5.23. The molecular weight excluding hydrogens is 356 g/mol. The van der Waals surface area contributed by atoms with Crippen LogP contribution < -0.4 is 20.9 Å². The van der Waals surface area contributed by atoms with Gasteiger partial charge in [-0.1, -0.05) is 0 Å². The Morgan fingerprint density at radius 2 is 1.88 bits per heavy atom. The first-order chi connectivity index (χ1) is 7.95. The van der Waals surface area contributed by atoms with E-state index < -0.39 is 11.9 Å². The third-order valence-corrected chi connectivity index (χ3v) is 3.23. The molecule has 0 radical (unpaired) electrons. The Labute approximate surface area is 116 Å². The number of methoxy groups -OCH3 is 1. The van der Waals surface area contributed by atoms with Crippen molar-refractivity contribution in [1.29, 1.82) is 0 Å². The summed E-state index contributed by atoms with van der Waals surface area (Å²) in [4.78, 5) is 10.7. The molecule has 4 N–H and O–H groups in total. The molecule has 0 aliphatic carbocycles. The van der Waals surface area contributed by atoms with E-state index in [1.54, 1.807) is 19.2 Å².